The van der Waals surface area contributed by atoms with E-state index < -0.39 is 11.7 Å². The highest BCUT2D eigenvalue weighted by Crippen LogP contribution is 2.34. The van der Waals surface area contributed by atoms with Crippen molar-refractivity contribution >= 4 is 22.9 Å². The van der Waals surface area contributed by atoms with E-state index in [0.717, 1.165) is 45.5 Å². The Hall–Kier alpha value is -3.33. The molecule has 0 N–H and O–H groups in total. The molecule has 0 heterocycles. The Bertz CT molecular complexity index is 1390. The Morgan fingerprint density at radius 2 is 1.06 bits per heavy atom. The molecule has 0 nitrogen and oxygen atoms in total. The van der Waals surface area contributed by atoms with E-state index in [1.54, 1.807) is 12.1 Å². The highest BCUT2D eigenvalue weighted by Gasteiger charge is 2.30. The van der Waals surface area contributed by atoms with Gasteiger partial charge in [0.05, 0.1) is 5.56 Å². The molecule has 0 saturated heterocycles. The quantitative estimate of drug-likeness (QED) is 0.336. The van der Waals surface area contributed by atoms with Crippen LogP contribution in [-0.4, -0.2) is 0 Å². The summed E-state index contributed by atoms with van der Waals surface area (Å²) >= 11 is 0. The Morgan fingerprint density at radius 1 is 0.613 bits per heavy atom. The van der Waals surface area contributed by atoms with E-state index in [1.165, 1.54) is 28.5 Å². The van der Waals surface area contributed by atoms with Gasteiger partial charge < -0.3 is 0 Å². The highest BCUT2D eigenvalue weighted by molar-refractivity contribution is 6.05. The first-order chi connectivity index (χ1) is 14.9. The number of hydrogen-bond donors (Lipinski definition) is 0. The van der Waals surface area contributed by atoms with Crippen LogP contribution in [0.1, 0.15) is 24.0 Å². The Morgan fingerprint density at radius 3 is 1.52 bits per heavy atom. The number of fused-ring (bicyclic) bond motifs is 2. The largest absolute Gasteiger partial charge is 0.416 e. The molecule has 0 unspecified atom stereocenters. The van der Waals surface area contributed by atoms with Crippen molar-refractivity contribution in [3.63, 3.8) is 0 Å². The number of alkyl halides is 3. The van der Waals surface area contributed by atoms with Gasteiger partial charge in [-0.3, -0.25) is 0 Å². The predicted octanol–water partition coefficient (Wildman–Crippen LogP) is 6.86. The fraction of sp³-hybridized carbons (Fsp3) is 0.143. The molecule has 5 rings (SSSR count). The zero-order valence-electron chi connectivity index (χ0n) is 17.1. The number of aryl methyl sites for hydroxylation is 1. The molecule has 0 atom stereocenters. The molecule has 0 saturated carbocycles. The van der Waals surface area contributed by atoms with Gasteiger partial charge >= 0.3 is 6.18 Å². The average molecular weight is 414 g/mol. The van der Waals surface area contributed by atoms with E-state index in [2.05, 4.69) is 55.5 Å². The van der Waals surface area contributed by atoms with Gasteiger partial charge in [-0.05, 0) is 75.4 Å². The first kappa shape index (κ1) is 19.6. The van der Waals surface area contributed by atoms with Crippen LogP contribution in [0.4, 0.5) is 13.2 Å². The van der Waals surface area contributed by atoms with Crippen LogP contribution in [-0.2, 0) is 6.18 Å². The zero-order valence-corrected chi connectivity index (χ0v) is 17.1. The fourth-order valence-corrected chi connectivity index (χ4v) is 4.53. The van der Waals surface area contributed by atoms with Gasteiger partial charge in [0.15, 0.2) is 0 Å². The van der Waals surface area contributed by atoms with Crippen LogP contribution in [0.2, 0.25) is 0 Å². The molecule has 1 aliphatic carbocycles. The summed E-state index contributed by atoms with van der Waals surface area (Å²) in [5.41, 5.74) is 4.74. The normalized spacial score (nSPS) is 13.4. The maximum atomic E-state index is 13.1. The minimum absolute atomic E-state index is 0.624. The Kier molecular flexibility index (Phi) is 4.70. The molecule has 31 heavy (non-hydrogen) atoms. The lowest BCUT2D eigenvalue weighted by Crippen LogP contribution is -2.31. The standard InChI is InChI=1S/C28H21F3/c1-18-10-12-19(13-11-18)26-22-6-2-4-8-24(22)27(25-9-5-3-7-23(25)26)20-14-16-21(17-15-20)28(29,30)31/h2,4,6-17H,3,5H2,1H3. The van der Waals surface area contributed by atoms with Gasteiger partial charge in [-0.2, -0.15) is 13.2 Å². The summed E-state index contributed by atoms with van der Waals surface area (Å²) in [7, 11) is 0. The van der Waals surface area contributed by atoms with Crippen LogP contribution in [0.3, 0.4) is 0 Å². The molecular weight excluding hydrogens is 393 g/mol. The highest BCUT2D eigenvalue weighted by atomic mass is 19.4. The maximum Gasteiger partial charge on any atom is 0.416 e. The molecule has 1 aliphatic rings. The summed E-state index contributed by atoms with van der Waals surface area (Å²) in [5, 5.41) is 4.46. The van der Waals surface area contributed by atoms with Gasteiger partial charge in [0.2, 0.25) is 0 Å². The first-order valence-corrected chi connectivity index (χ1v) is 10.4. The molecule has 0 aliphatic heterocycles. The molecular formula is C28H21F3. The third-order valence-electron chi connectivity index (χ3n) is 6.00. The van der Waals surface area contributed by atoms with Crippen LogP contribution >= 0.6 is 0 Å². The molecule has 0 fully saturated rings. The number of hydrogen-bond acceptors (Lipinski definition) is 0. The van der Waals surface area contributed by atoms with Crippen molar-refractivity contribution in [1.29, 1.82) is 0 Å². The second kappa shape index (κ2) is 7.42. The van der Waals surface area contributed by atoms with Crippen molar-refractivity contribution in [2.24, 2.45) is 0 Å². The topological polar surface area (TPSA) is 0 Å². The minimum atomic E-state index is -4.34. The predicted molar refractivity (Wildman–Crippen MR) is 122 cm³/mol. The first-order valence-electron chi connectivity index (χ1n) is 10.4. The monoisotopic (exact) mass is 414 g/mol. The van der Waals surface area contributed by atoms with E-state index >= 15 is 0 Å². The van der Waals surface area contributed by atoms with Crippen molar-refractivity contribution in [2.75, 3.05) is 0 Å². The van der Waals surface area contributed by atoms with Crippen LogP contribution in [0.5, 0.6) is 0 Å². The van der Waals surface area contributed by atoms with Crippen LogP contribution in [0.15, 0.2) is 72.8 Å². The summed E-state index contributed by atoms with van der Waals surface area (Å²) in [6.07, 6.45) is 2.04. The summed E-state index contributed by atoms with van der Waals surface area (Å²) in [6.45, 7) is 2.07. The number of rotatable bonds is 2. The van der Waals surface area contributed by atoms with Gasteiger partial charge in [0, 0.05) is 0 Å². The van der Waals surface area contributed by atoms with Gasteiger partial charge in [-0.1, -0.05) is 78.4 Å². The van der Waals surface area contributed by atoms with Crippen LogP contribution in [0, 0.1) is 6.92 Å². The number of halogens is 3. The van der Waals surface area contributed by atoms with E-state index in [-0.39, 0.29) is 0 Å². The molecule has 0 spiro atoms. The van der Waals surface area contributed by atoms with Crippen molar-refractivity contribution in [1.82, 2.24) is 0 Å². The second-order valence-corrected chi connectivity index (χ2v) is 8.05. The lowest BCUT2D eigenvalue weighted by atomic mass is 9.86. The molecule has 0 bridgehead atoms. The van der Waals surface area contributed by atoms with Crippen LogP contribution < -0.4 is 10.4 Å². The summed E-state index contributed by atoms with van der Waals surface area (Å²) in [6, 6.07) is 22.3. The third kappa shape index (κ3) is 3.44. The van der Waals surface area contributed by atoms with Crippen molar-refractivity contribution in [3.8, 4) is 22.3 Å². The average Bonchev–Trinajstić information content (AvgIpc) is 2.78. The SMILES string of the molecule is Cc1ccc(-c2c3c(c(-c4ccc(C(F)(F)F)cc4)c4ccccc24)=CCCC=3)cc1. The van der Waals surface area contributed by atoms with E-state index in [1.807, 2.05) is 12.1 Å². The van der Waals surface area contributed by atoms with E-state index in [9.17, 15) is 13.2 Å². The Labute approximate surface area is 179 Å². The lowest BCUT2D eigenvalue weighted by Gasteiger charge is -2.18. The minimum Gasteiger partial charge on any atom is -0.166 e. The molecule has 4 aromatic carbocycles. The molecule has 0 radical (unpaired) electrons. The van der Waals surface area contributed by atoms with Crippen molar-refractivity contribution < 1.29 is 13.2 Å². The zero-order chi connectivity index (χ0) is 21.6. The Balaban J connectivity index is 1.87. The molecule has 4 aromatic rings. The smallest absolute Gasteiger partial charge is 0.166 e. The lowest BCUT2D eigenvalue weighted by molar-refractivity contribution is -0.137. The fourth-order valence-electron chi connectivity index (χ4n) is 4.53. The van der Waals surface area contributed by atoms with Crippen LogP contribution in [0.25, 0.3) is 45.2 Å². The number of benzene rings is 4. The molecule has 0 amide bonds. The van der Waals surface area contributed by atoms with E-state index in [4.69, 9.17) is 0 Å². The van der Waals surface area contributed by atoms with Gasteiger partial charge in [0.1, 0.15) is 0 Å². The molecule has 3 heteroatoms. The van der Waals surface area contributed by atoms with E-state index in [0.29, 0.717) is 0 Å². The maximum absolute atomic E-state index is 13.1. The van der Waals surface area contributed by atoms with Gasteiger partial charge in [-0.25, -0.2) is 0 Å². The van der Waals surface area contributed by atoms with Crippen molar-refractivity contribution in [3.05, 3.63) is 94.4 Å². The third-order valence-corrected chi connectivity index (χ3v) is 6.00. The second-order valence-electron chi connectivity index (χ2n) is 8.05. The van der Waals surface area contributed by atoms with Gasteiger partial charge in [0.25, 0.3) is 0 Å². The summed E-state index contributed by atoms with van der Waals surface area (Å²) < 4.78 is 39.3. The van der Waals surface area contributed by atoms with Crippen molar-refractivity contribution in [2.45, 2.75) is 25.9 Å². The van der Waals surface area contributed by atoms with Gasteiger partial charge in [-0.15, -0.1) is 0 Å². The molecule has 154 valence electrons. The molecule has 0 aromatic heterocycles. The summed E-state index contributed by atoms with van der Waals surface area (Å²) in [5.74, 6) is 0. The summed E-state index contributed by atoms with van der Waals surface area (Å²) in [4.78, 5) is 0.